The molecule has 1 unspecified atom stereocenters. The number of nitrogens with one attached hydrogen (secondary N) is 3. The van der Waals surface area contributed by atoms with E-state index in [0.717, 1.165) is 58.7 Å². The number of aliphatic hydroxyl groups excluding tert-OH is 1. The fourth-order valence-corrected chi connectivity index (χ4v) is 10.8. The Morgan fingerprint density at radius 3 is 2.23 bits per heavy atom. The number of hydrogen-bond acceptors (Lipinski definition) is 10. The number of nitriles is 1. The molecule has 4 amide bonds. The average molecular weight is 987 g/mol. The van der Waals surface area contributed by atoms with Crippen molar-refractivity contribution in [3.05, 3.63) is 106 Å². The van der Waals surface area contributed by atoms with E-state index in [-0.39, 0.29) is 49.2 Å². The van der Waals surface area contributed by atoms with Gasteiger partial charge in [0.15, 0.2) is 0 Å². The number of benzene rings is 3. The SMILES string of the molecule is Cc1ncsc1-c1ccc([C@H](C)NC(=O)[C@@H]2C[C@@H](O)CN2C(=O)C(NC(=O)COCCCCCc2ccc(C(=O)NC3C(C)(C)C(Oc4ccc(C#N)c(C(F)(F)F)c4)C3(C)C)cc2)C(C)(C)C)cc1. The van der Waals surface area contributed by atoms with Crippen molar-refractivity contribution in [1.29, 1.82) is 5.26 Å². The molecule has 376 valence electrons. The van der Waals surface area contributed by atoms with Gasteiger partial charge in [0, 0.05) is 42.0 Å². The van der Waals surface area contributed by atoms with Gasteiger partial charge in [-0.15, -0.1) is 11.3 Å². The number of halogens is 3. The topological polar surface area (TPSA) is 183 Å². The molecule has 2 aliphatic rings. The lowest BCUT2D eigenvalue weighted by Crippen LogP contribution is -2.74. The number of β-amino-alcohol motifs (C(OH)–C–C–N with tert-alkyl or cyclic N) is 1. The van der Waals surface area contributed by atoms with Crippen LogP contribution in [0.1, 0.15) is 125 Å². The minimum absolute atomic E-state index is 0.000386. The number of nitrogens with zero attached hydrogens (tertiary/aromatic N) is 3. The lowest BCUT2D eigenvalue weighted by atomic mass is 9.49. The number of aliphatic hydroxyl groups is 1. The molecule has 4 aromatic rings. The summed E-state index contributed by atoms with van der Waals surface area (Å²) in [6.07, 6.45) is -2.95. The van der Waals surface area contributed by atoms with E-state index in [0.29, 0.717) is 18.6 Å². The molecule has 1 aliphatic carbocycles. The molecule has 0 radical (unpaired) electrons. The van der Waals surface area contributed by atoms with Crippen LogP contribution in [-0.2, 0) is 31.7 Å². The smallest absolute Gasteiger partial charge is 0.417 e. The third kappa shape index (κ3) is 12.4. The van der Waals surface area contributed by atoms with Crippen molar-refractivity contribution in [3.63, 3.8) is 0 Å². The van der Waals surface area contributed by atoms with Gasteiger partial charge in [-0.25, -0.2) is 4.98 Å². The Kier molecular flexibility index (Phi) is 16.6. The van der Waals surface area contributed by atoms with Gasteiger partial charge in [-0.2, -0.15) is 18.4 Å². The molecular formula is C53H65F3N6O7S. The number of alkyl halides is 3. The number of carbonyl (C=O) groups is 4. The first-order valence-electron chi connectivity index (χ1n) is 23.7. The number of amides is 4. The van der Waals surface area contributed by atoms with Crippen LogP contribution in [0.4, 0.5) is 13.2 Å². The number of aromatic nitrogens is 1. The minimum Gasteiger partial charge on any atom is -0.489 e. The maximum atomic E-state index is 14.1. The summed E-state index contributed by atoms with van der Waals surface area (Å²) in [6.45, 7) is 16.9. The lowest BCUT2D eigenvalue weighted by molar-refractivity contribution is -0.164. The molecule has 1 saturated carbocycles. The number of likely N-dealkylation sites (tertiary alicyclic amines) is 1. The number of carbonyl (C=O) groups excluding carboxylic acids is 4. The first-order chi connectivity index (χ1) is 32.8. The molecule has 2 fully saturated rings. The van der Waals surface area contributed by atoms with Crippen LogP contribution in [0, 0.1) is 34.5 Å². The van der Waals surface area contributed by atoms with Crippen molar-refractivity contribution in [3.8, 4) is 22.3 Å². The Hall–Kier alpha value is -5.83. The normalized spacial score (nSPS) is 20.4. The van der Waals surface area contributed by atoms with Crippen molar-refractivity contribution < 1.29 is 46.9 Å². The van der Waals surface area contributed by atoms with Crippen LogP contribution in [-0.4, -0.2) is 88.7 Å². The zero-order chi connectivity index (χ0) is 51.3. The summed E-state index contributed by atoms with van der Waals surface area (Å²) in [4.78, 5) is 61.0. The molecule has 70 heavy (non-hydrogen) atoms. The number of ether oxygens (including phenoxy) is 2. The third-order valence-corrected chi connectivity index (χ3v) is 14.5. The number of unbranched alkanes of at least 4 members (excludes halogenated alkanes) is 2. The molecule has 1 aromatic heterocycles. The fraction of sp³-hybridized carbons (Fsp3) is 0.509. The van der Waals surface area contributed by atoms with Crippen LogP contribution in [0.2, 0.25) is 0 Å². The van der Waals surface area contributed by atoms with Gasteiger partial charge in [0.2, 0.25) is 17.7 Å². The highest BCUT2D eigenvalue weighted by molar-refractivity contribution is 7.13. The van der Waals surface area contributed by atoms with E-state index in [4.69, 9.17) is 14.7 Å². The molecule has 4 N–H and O–H groups in total. The average Bonchev–Trinajstić information content (AvgIpc) is 3.92. The predicted molar refractivity (Wildman–Crippen MR) is 261 cm³/mol. The standard InChI is InChI=1S/C53H65F3N6O7S/c1-31(34-18-20-35(21-19-34)43-32(2)58-30-70-43)59-46(66)41-25-38(63)28-62(41)47(67)44(50(3,4)5)60-42(64)29-68-24-12-10-11-13-33-14-16-36(17-15-33)45(65)61-48-51(6,7)49(52(48,8)9)69-39-23-22-37(27-57)40(26-39)53(54,55)56/h14-23,26,30-31,38,41,44,48-49,63H,10-13,24-25,28-29H2,1-9H3,(H,59,66)(H,60,64)(H,61,65)/t31-,38+,41-,44?,48?,49?/m0/s1. The van der Waals surface area contributed by atoms with E-state index < -0.39 is 69.7 Å². The van der Waals surface area contributed by atoms with Crippen molar-refractivity contribution >= 4 is 35.0 Å². The van der Waals surface area contributed by atoms with E-state index >= 15 is 0 Å². The Balaban J connectivity index is 0.912. The van der Waals surface area contributed by atoms with Gasteiger partial charge >= 0.3 is 6.18 Å². The molecule has 3 aromatic carbocycles. The van der Waals surface area contributed by atoms with Gasteiger partial charge in [0.25, 0.3) is 5.91 Å². The Morgan fingerprint density at radius 2 is 1.63 bits per heavy atom. The summed E-state index contributed by atoms with van der Waals surface area (Å²) >= 11 is 1.56. The molecule has 2 heterocycles. The van der Waals surface area contributed by atoms with Gasteiger partial charge in [0.05, 0.1) is 45.4 Å². The summed E-state index contributed by atoms with van der Waals surface area (Å²) in [5.74, 6) is -1.58. The highest BCUT2D eigenvalue weighted by Gasteiger charge is 2.64. The molecule has 0 spiro atoms. The Bertz CT molecular complexity index is 2530. The van der Waals surface area contributed by atoms with Gasteiger partial charge in [0.1, 0.15) is 30.5 Å². The largest absolute Gasteiger partial charge is 0.489 e. The number of aryl methyl sites for hydroxylation is 2. The van der Waals surface area contributed by atoms with E-state index in [9.17, 15) is 37.5 Å². The first-order valence-corrected chi connectivity index (χ1v) is 24.5. The summed E-state index contributed by atoms with van der Waals surface area (Å²) < 4.78 is 52.6. The quantitative estimate of drug-likeness (QED) is 0.0709. The second-order valence-corrected chi connectivity index (χ2v) is 21.7. The minimum atomic E-state index is -4.71. The molecule has 17 heteroatoms. The van der Waals surface area contributed by atoms with E-state index in [2.05, 4.69) is 20.9 Å². The van der Waals surface area contributed by atoms with Crippen molar-refractivity contribution in [2.45, 2.75) is 137 Å². The van der Waals surface area contributed by atoms with Gasteiger partial charge in [-0.1, -0.05) is 91.3 Å². The van der Waals surface area contributed by atoms with E-state index in [1.54, 1.807) is 35.0 Å². The molecule has 6 rings (SSSR count). The van der Waals surface area contributed by atoms with E-state index in [1.165, 1.54) is 11.0 Å². The zero-order valence-corrected chi connectivity index (χ0v) is 42.1. The summed E-state index contributed by atoms with van der Waals surface area (Å²) in [5, 5.41) is 28.8. The summed E-state index contributed by atoms with van der Waals surface area (Å²) in [6, 6.07) is 17.5. The fourth-order valence-electron chi connectivity index (χ4n) is 9.99. The predicted octanol–water partition coefficient (Wildman–Crippen LogP) is 8.72. The van der Waals surface area contributed by atoms with Crippen LogP contribution in [0.3, 0.4) is 0 Å². The van der Waals surface area contributed by atoms with Gasteiger partial charge < -0.3 is 35.4 Å². The van der Waals surface area contributed by atoms with E-state index in [1.807, 2.05) is 98.7 Å². The highest BCUT2D eigenvalue weighted by Crippen LogP contribution is 2.56. The number of rotatable bonds is 18. The summed E-state index contributed by atoms with van der Waals surface area (Å²) in [7, 11) is 0. The van der Waals surface area contributed by atoms with Crippen LogP contribution in [0.15, 0.2) is 72.2 Å². The molecule has 1 saturated heterocycles. The highest BCUT2D eigenvalue weighted by atomic mass is 32.1. The van der Waals surface area contributed by atoms with Crippen LogP contribution >= 0.6 is 11.3 Å². The lowest BCUT2D eigenvalue weighted by Gasteiger charge is -2.63. The maximum absolute atomic E-state index is 14.1. The molecule has 13 nitrogen and oxygen atoms in total. The van der Waals surface area contributed by atoms with Crippen LogP contribution in [0.25, 0.3) is 10.4 Å². The molecule has 0 bridgehead atoms. The third-order valence-electron chi connectivity index (χ3n) is 13.5. The molecule has 4 atom stereocenters. The number of hydrogen-bond donors (Lipinski definition) is 4. The second-order valence-electron chi connectivity index (χ2n) is 20.8. The van der Waals surface area contributed by atoms with Crippen LogP contribution < -0.4 is 20.7 Å². The van der Waals surface area contributed by atoms with Gasteiger partial charge in [-0.3, -0.25) is 19.2 Å². The monoisotopic (exact) mass is 986 g/mol. The Morgan fingerprint density at radius 1 is 0.957 bits per heavy atom. The molecule has 1 aliphatic heterocycles. The van der Waals surface area contributed by atoms with Crippen molar-refractivity contribution in [1.82, 2.24) is 25.8 Å². The Labute approximate surface area is 412 Å². The van der Waals surface area contributed by atoms with Gasteiger partial charge in [-0.05, 0) is 85.5 Å². The number of thiazole rings is 1. The first kappa shape index (κ1) is 53.5. The molecular weight excluding hydrogens is 922 g/mol. The van der Waals surface area contributed by atoms with Crippen LogP contribution in [0.5, 0.6) is 5.75 Å². The second kappa shape index (κ2) is 21.7. The zero-order valence-electron chi connectivity index (χ0n) is 41.3. The van der Waals surface area contributed by atoms with Crippen molar-refractivity contribution in [2.24, 2.45) is 16.2 Å². The maximum Gasteiger partial charge on any atom is 0.417 e. The van der Waals surface area contributed by atoms with Crippen molar-refractivity contribution in [2.75, 3.05) is 19.8 Å². The summed E-state index contributed by atoms with van der Waals surface area (Å²) in [5.41, 5.74) is 2.67.